The van der Waals surface area contributed by atoms with Crippen LogP contribution in [0.3, 0.4) is 0 Å². The molecule has 3 rings (SSSR count). The molecule has 1 nitrogen and oxygen atoms in total. The van der Waals surface area contributed by atoms with Gasteiger partial charge in [0.2, 0.25) is 0 Å². The zero-order chi connectivity index (χ0) is 15.4. The molecule has 0 unspecified atom stereocenters. The van der Waals surface area contributed by atoms with Crippen LogP contribution in [-0.4, -0.2) is 4.98 Å². The second-order valence-corrected chi connectivity index (χ2v) is 5.43. The molecule has 0 atom stereocenters. The number of benzene rings is 2. The number of aryl methyl sites for hydroxylation is 2. The molecule has 0 amide bonds. The third kappa shape index (κ3) is 3.15. The number of hydrogen-bond donors (Lipinski definition) is 0. The van der Waals surface area contributed by atoms with E-state index in [1.807, 2.05) is 12.1 Å². The third-order valence-electron chi connectivity index (χ3n) is 3.82. The summed E-state index contributed by atoms with van der Waals surface area (Å²) in [5.74, 6) is 0. The van der Waals surface area contributed by atoms with Gasteiger partial charge in [0, 0.05) is 11.3 Å². The van der Waals surface area contributed by atoms with Gasteiger partial charge in [-0.1, -0.05) is 66.7 Å². The van der Waals surface area contributed by atoms with Gasteiger partial charge < -0.3 is 0 Å². The monoisotopic (exact) mass is 285 g/mol. The summed E-state index contributed by atoms with van der Waals surface area (Å²) in [5.41, 5.74) is 6.82. The molecule has 0 saturated heterocycles. The molecule has 0 spiro atoms. The summed E-state index contributed by atoms with van der Waals surface area (Å²) < 4.78 is 0. The van der Waals surface area contributed by atoms with Crippen LogP contribution in [-0.2, 0) is 0 Å². The van der Waals surface area contributed by atoms with Crippen molar-refractivity contribution in [2.45, 2.75) is 13.8 Å². The van der Waals surface area contributed by atoms with Crippen molar-refractivity contribution in [1.82, 2.24) is 4.98 Å². The van der Waals surface area contributed by atoms with E-state index in [1.54, 1.807) is 0 Å². The molecular weight excluding hydrogens is 266 g/mol. The molecule has 0 aliphatic rings. The number of aromatic nitrogens is 1. The number of rotatable bonds is 3. The highest BCUT2D eigenvalue weighted by Gasteiger charge is 2.08. The molecule has 1 heteroatoms. The lowest BCUT2D eigenvalue weighted by atomic mass is 9.98. The maximum atomic E-state index is 4.78. The standard InChI is InChI=1S/C21H19N/c1-16-13-14-21(22-17(16)2)20(19-11-7-4-8-12-19)15-18-9-5-3-6-10-18/h3-15H,1-2H3. The average molecular weight is 285 g/mol. The Hall–Kier alpha value is -2.67. The Morgan fingerprint density at radius 3 is 2.05 bits per heavy atom. The third-order valence-corrected chi connectivity index (χ3v) is 3.82. The smallest absolute Gasteiger partial charge is 0.0711 e. The van der Waals surface area contributed by atoms with E-state index in [2.05, 4.69) is 80.6 Å². The fourth-order valence-corrected chi connectivity index (χ4v) is 2.42. The van der Waals surface area contributed by atoms with Crippen LogP contribution in [0.5, 0.6) is 0 Å². The average Bonchev–Trinajstić information content (AvgIpc) is 2.57. The van der Waals surface area contributed by atoms with Gasteiger partial charge in [-0.25, -0.2) is 0 Å². The molecule has 0 aliphatic carbocycles. The second kappa shape index (κ2) is 6.40. The largest absolute Gasteiger partial charge is 0.253 e. The van der Waals surface area contributed by atoms with Crippen LogP contribution < -0.4 is 0 Å². The predicted molar refractivity (Wildman–Crippen MR) is 93.6 cm³/mol. The number of hydrogen-bond acceptors (Lipinski definition) is 1. The molecular formula is C21H19N. The fourth-order valence-electron chi connectivity index (χ4n) is 2.42. The molecule has 0 radical (unpaired) electrons. The first-order chi connectivity index (χ1) is 10.7. The summed E-state index contributed by atoms with van der Waals surface area (Å²) in [7, 11) is 0. The van der Waals surface area contributed by atoms with Gasteiger partial charge in [-0.3, -0.25) is 4.98 Å². The van der Waals surface area contributed by atoms with Crippen molar-refractivity contribution in [3.8, 4) is 0 Å². The summed E-state index contributed by atoms with van der Waals surface area (Å²) in [6.07, 6.45) is 2.20. The maximum absolute atomic E-state index is 4.78. The van der Waals surface area contributed by atoms with Crippen molar-refractivity contribution in [2.24, 2.45) is 0 Å². The van der Waals surface area contributed by atoms with Gasteiger partial charge in [0.25, 0.3) is 0 Å². The first-order valence-corrected chi connectivity index (χ1v) is 7.51. The lowest BCUT2D eigenvalue weighted by Crippen LogP contribution is -1.95. The van der Waals surface area contributed by atoms with E-state index in [4.69, 9.17) is 4.98 Å². The molecule has 108 valence electrons. The highest BCUT2D eigenvalue weighted by molar-refractivity contribution is 5.90. The molecule has 2 aromatic carbocycles. The zero-order valence-corrected chi connectivity index (χ0v) is 13.0. The Morgan fingerprint density at radius 2 is 1.41 bits per heavy atom. The quantitative estimate of drug-likeness (QED) is 0.596. The van der Waals surface area contributed by atoms with Crippen molar-refractivity contribution >= 4 is 11.6 Å². The van der Waals surface area contributed by atoms with Gasteiger partial charge >= 0.3 is 0 Å². The Morgan fingerprint density at radius 1 is 0.773 bits per heavy atom. The summed E-state index contributed by atoms with van der Waals surface area (Å²) in [6, 6.07) is 25.1. The topological polar surface area (TPSA) is 12.9 Å². The lowest BCUT2D eigenvalue weighted by molar-refractivity contribution is 1.13. The molecule has 0 aliphatic heterocycles. The molecule has 0 N–H and O–H groups in total. The summed E-state index contributed by atoms with van der Waals surface area (Å²) in [4.78, 5) is 4.78. The highest BCUT2D eigenvalue weighted by Crippen LogP contribution is 2.25. The highest BCUT2D eigenvalue weighted by atomic mass is 14.7. The van der Waals surface area contributed by atoms with E-state index < -0.39 is 0 Å². The van der Waals surface area contributed by atoms with Crippen LogP contribution in [0.4, 0.5) is 0 Å². The van der Waals surface area contributed by atoms with Crippen LogP contribution in [0.2, 0.25) is 0 Å². The van der Waals surface area contributed by atoms with E-state index in [9.17, 15) is 0 Å². The fraction of sp³-hybridized carbons (Fsp3) is 0.0952. The van der Waals surface area contributed by atoms with Gasteiger partial charge in [0.1, 0.15) is 0 Å². The number of pyridine rings is 1. The van der Waals surface area contributed by atoms with Gasteiger partial charge in [0.15, 0.2) is 0 Å². The summed E-state index contributed by atoms with van der Waals surface area (Å²) in [5, 5.41) is 0. The molecule has 0 fully saturated rings. The van der Waals surface area contributed by atoms with Gasteiger partial charge in [0.05, 0.1) is 5.69 Å². The van der Waals surface area contributed by atoms with Crippen LogP contribution in [0, 0.1) is 13.8 Å². The lowest BCUT2D eigenvalue weighted by Gasteiger charge is -2.10. The van der Waals surface area contributed by atoms with Gasteiger partial charge in [-0.15, -0.1) is 0 Å². The predicted octanol–water partition coefficient (Wildman–Crippen LogP) is 5.29. The van der Waals surface area contributed by atoms with Crippen molar-refractivity contribution in [3.63, 3.8) is 0 Å². The molecule has 1 heterocycles. The van der Waals surface area contributed by atoms with E-state index in [1.165, 1.54) is 16.7 Å². The van der Waals surface area contributed by atoms with E-state index in [-0.39, 0.29) is 0 Å². The van der Waals surface area contributed by atoms with Gasteiger partial charge in [-0.05, 0) is 42.7 Å². The zero-order valence-electron chi connectivity index (χ0n) is 13.0. The van der Waals surface area contributed by atoms with Crippen molar-refractivity contribution in [3.05, 3.63) is 101 Å². The van der Waals surface area contributed by atoms with E-state index >= 15 is 0 Å². The Bertz CT molecular complexity index is 787. The molecule has 22 heavy (non-hydrogen) atoms. The minimum Gasteiger partial charge on any atom is -0.253 e. The Balaban J connectivity index is 2.15. The second-order valence-electron chi connectivity index (χ2n) is 5.43. The van der Waals surface area contributed by atoms with E-state index in [0.29, 0.717) is 0 Å². The normalized spacial score (nSPS) is 11.5. The van der Waals surface area contributed by atoms with Gasteiger partial charge in [-0.2, -0.15) is 0 Å². The molecule has 3 aromatic rings. The SMILES string of the molecule is Cc1ccc(C(=Cc2ccccc2)c2ccccc2)nc1C. The Kier molecular flexibility index (Phi) is 4.15. The minimum absolute atomic E-state index is 1.01. The summed E-state index contributed by atoms with van der Waals surface area (Å²) in [6.45, 7) is 4.15. The minimum atomic E-state index is 1.01. The molecule has 0 saturated carbocycles. The van der Waals surface area contributed by atoms with Crippen LogP contribution in [0.15, 0.2) is 72.8 Å². The van der Waals surface area contributed by atoms with Crippen molar-refractivity contribution in [2.75, 3.05) is 0 Å². The van der Waals surface area contributed by atoms with Crippen molar-refractivity contribution < 1.29 is 0 Å². The maximum Gasteiger partial charge on any atom is 0.0711 e. The van der Waals surface area contributed by atoms with E-state index in [0.717, 1.165) is 17.0 Å². The van der Waals surface area contributed by atoms with Crippen molar-refractivity contribution in [1.29, 1.82) is 0 Å². The molecule has 0 bridgehead atoms. The first-order valence-electron chi connectivity index (χ1n) is 7.51. The number of nitrogens with zero attached hydrogens (tertiary/aromatic N) is 1. The molecule has 1 aromatic heterocycles. The van der Waals surface area contributed by atoms with Crippen LogP contribution in [0.25, 0.3) is 11.6 Å². The summed E-state index contributed by atoms with van der Waals surface area (Å²) >= 11 is 0. The van der Waals surface area contributed by atoms with Crippen LogP contribution in [0.1, 0.15) is 28.1 Å². The van der Waals surface area contributed by atoms with Crippen LogP contribution >= 0.6 is 0 Å². The Labute approximate surface area is 132 Å². The first kappa shape index (κ1) is 14.3.